The molecule has 0 atom stereocenters. The number of nitrogens with zero attached hydrogens (tertiary/aromatic N) is 2. The molecule has 0 spiro atoms. The Balaban J connectivity index is 1.60. The first kappa shape index (κ1) is 20.5. The molecule has 32 heavy (non-hydrogen) atoms. The molecule has 7 heteroatoms. The average molecular weight is 490 g/mol. The van der Waals surface area contributed by atoms with E-state index in [0.29, 0.717) is 0 Å². The zero-order chi connectivity index (χ0) is 22.6. The molecule has 2 aromatic carbocycles. The number of carbonyl (C=O) groups is 3. The molecule has 5 rings (SSSR count). The molecule has 6 nitrogen and oxygen atoms in total. The Labute approximate surface area is 191 Å². The van der Waals surface area contributed by atoms with Crippen LogP contribution in [-0.4, -0.2) is 44.3 Å². The van der Waals surface area contributed by atoms with Crippen LogP contribution < -0.4 is 10.2 Å². The number of imide groups is 2. The number of carbonyl (C=O) groups excluding carboxylic acids is 3. The molecule has 3 aromatic rings. The average Bonchev–Trinajstić information content (AvgIpc) is 3.24. The van der Waals surface area contributed by atoms with Crippen molar-refractivity contribution in [2.75, 3.05) is 11.9 Å². The second-order valence-corrected chi connectivity index (χ2v) is 10.6. The van der Waals surface area contributed by atoms with Crippen molar-refractivity contribution in [1.82, 2.24) is 10.2 Å². The van der Waals surface area contributed by atoms with Crippen LogP contribution in [0.2, 0.25) is 0 Å². The molecule has 1 aromatic heterocycles. The summed E-state index contributed by atoms with van der Waals surface area (Å²) in [5.41, 5.74) is 4.65. The molecule has 0 aliphatic carbocycles. The zero-order valence-corrected chi connectivity index (χ0v) is 19.6. The van der Waals surface area contributed by atoms with Crippen LogP contribution in [0.15, 0.2) is 66.2 Å². The number of nitrogens with one attached hydrogen (secondary N) is 1. The van der Waals surface area contributed by atoms with E-state index >= 15 is 0 Å². The van der Waals surface area contributed by atoms with E-state index in [-0.39, 0.29) is 25.5 Å². The minimum absolute atomic E-state index is 0.0181. The van der Waals surface area contributed by atoms with Gasteiger partial charge in [-0.25, -0.2) is 0 Å². The predicted molar refractivity (Wildman–Crippen MR) is 124 cm³/mol. The predicted octanol–water partition coefficient (Wildman–Crippen LogP) is 3.94. The maximum atomic E-state index is 12.4. The topological polar surface area (TPSA) is 69.7 Å². The Morgan fingerprint density at radius 3 is 2.09 bits per heavy atom. The number of likely N-dealkylation sites (N-methyl/N-ethyl adjacent to an activating group) is 1. The van der Waals surface area contributed by atoms with Gasteiger partial charge in [0, 0.05) is 0 Å². The molecule has 1 fully saturated rings. The van der Waals surface area contributed by atoms with E-state index in [4.69, 9.17) is 0 Å². The van der Waals surface area contributed by atoms with Gasteiger partial charge in [-0.2, -0.15) is 0 Å². The van der Waals surface area contributed by atoms with Gasteiger partial charge in [-0.3, -0.25) is 0 Å². The number of benzene rings is 2. The Hall–Kier alpha value is -3.41. The van der Waals surface area contributed by atoms with E-state index < -0.39 is 17.8 Å². The van der Waals surface area contributed by atoms with Crippen LogP contribution in [-0.2, 0) is 15.0 Å². The number of hydrogen-bond acceptors (Lipinski definition) is 4. The summed E-state index contributed by atoms with van der Waals surface area (Å²) in [6, 6.07) is 20.2. The van der Waals surface area contributed by atoms with Gasteiger partial charge in [-0.05, 0) is 0 Å². The fourth-order valence-electron chi connectivity index (χ4n) is 4.33. The van der Waals surface area contributed by atoms with Gasteiger partial charge in [-0.15, -0.1) is 0 Å². The molecule has 0 saturated carbocycles. The number of hydrogen-bond donors (Lipinski definition) is 1. The fourth-order valence-corrected chi connectivity index (χ4v) is 6.39. The third-order valence-electron chi connectivity index (χ3n) is 6.06. The van der Waals surface area contributed by atoms with Crippen molar-refractivity contribution in [2.45, 2.75) is 19.3 Å². The van der Waals surface area contributed by atoms with Gasteiger partial charge in [-0.1, -0.05) is 0 Å². The summed E-state index contributed by atoms with van der Waals surface area (Å²) >= 11 is -0.130. The van der Waals surface area contributed by atoms with Crippen molar-refractivity contribution in [1.29, 1.82) is 0 Å². The summed E-state index contributed by atoms with van der Waals surface area (Å²) < 4.78 is 2.02. The first-order chi connectivity index (χ1) is 15.3. The van der Waals surface area contributed by atoms with Crippen LogP contribution in [0.1, 0.15) is 29.4 Å². The van der Waals surface area contributed by atoms with Crippen molar-refractivity contribution in [2.24, 2.45) is 0 Å². The van der Waals surface area contributed by atoms with Gasteiger partial charge in [0.25, 0.3) is 0 Å². The summed E-state index contributed by atoms with van der Waals surface area (Å²) in [5.74, 6) is -1.24. The Bertz CT molecular complexity index is 1270. The SMILES string of the molecule is CN1C(=O)NC(=O)/C(=C\c2ccc(N3c4ccccc4C(C)(C)c4ccccc43)[se]2)C1=O. The number of rotatable bonds is 2. The van der Waals surface area contributed by atoms with Gasteiger partial charge < -0.3 is 0 Å². The zero-order valence-electron chi connectivity index (χ0n) is 17.9. The molecule has 0 bridgehead atoms. The van der Waals surface area contributed by atoms with Crippen molar-refractivity contribution in [3.63, 3.8) is 0 Å². The van der Waals surface area contributed by atoms with Gasteiger partial charge >= 0.3 is 192 Å². The summed E-state index contributed by atoms with van der Waals surface area (Å²) in [4.78, 5) is 39.5. The van der Waals surface area contributed by atoms with Crippen LogP contribution in [0.4, 0.5) is 20.7 Å². The number of para-hydroxylation sites is 2. The van der Waals surface area contributed by atoms with Crippen molar-refractivity contribution < 1.29 is 14.4 Å². The van der Waals surface area contributed by atoms with Crippen LogP contribution in [0.3, 0.4) is 0 Å². The van der Waals surface area contributed by atoms with Crippen molar-refractivity contribution >= 4 is 54.4 Å². The molecule has 4 amide bonds. The number of anilines is 3. The second kappa shape index (κ2) is 7.33. The van der Waals surface area contributed by atoms with Gasteiger partial charge in [0.1, 0.15) is 0 Å². The molecule has 160 valence electrons. The van der Waals surface area contributed by atoms with E-state index in [1.807, 2.05) is 18.2 Å². The third-order valence-corrected chi connectivity index (χ3v) is 8.20. The number of amides is 4. The summed E-state index contributed by atoms with van der Waals surface area (Å²) in [6.07, 6.45) is 1.61. The van der Waals surface area contributed by atoms with Crippen LogP contribution in [0.25, 0.3) is 6.08 Å². The van der Waals surface area contributed by atoms with E-state index in [0.717, 1.165) is 25.3 Å². The maximum absolute atomic E-state index is 12.4. The summed E-state index contributed by atoms with van der Waals surface area (Å²) in [6.45, 7) is 4.49. The number of fused-ring (bicyclic) bond motifs is 2. The van der Waals surface area contributed by atoms with Crippen LogP contribution >= 0.6 is 0 Å². The Morgan fingerprint density at radius 2 is 1.47 bits per heavy atom. The van der Waals surface area contributed by atoms with E-state index in [2.05, 4.69) is 66.5 Å². The molecule has 2 aliphatic rings. The molecule has 1 N–H and O–H groups in total. The molecule has 2 aliphatic heterocycles. The van der Waals surface area contributed by atoms with Crippen LogP contribution in [0.5, 0.6) is 0 Å². The van der Waals surface area contributed by atoms with E-state index in [1.54, 1.807) is 6.08 Å². The minimum atomic E-state index is -0.703. The second-order valence-electron chi connectivity index (χ2n) is 8.35. The van der Waals surface area contributed by atoms with Gasteiger partial charge in [0.05, 0.1) is 0 Å². The first-order valence-corrected chi connectivity index (χ1v) is 11.9. The number of urea groups is 1. The standard InChI is InChI=1S/C25H21N3O3Se/c1-25(2)17-8-4-6-10-19(17)28(20-11-7-5-9-18(20)25)21-13-12-15(32-21)14-16-22(29)26-24(31)27(3)23(16)30/h4-14H,1-3H3,(H,26,29,31)/b16-14+. The molecule has 3 heterocycles. The monoisotopic (exact) mass is 491 g/mol. The quantitative estimate of drug-likeness (QED) is 0.336. The molecule has 1 saturated heterocycles. The van der Waals surface area contributed by atoms with Crippen molar-refractivity contribution in [3.05, 3.63) is 81.8 Å². The van der Waals surface area contributed by atoms with Gasteiger partial charge in [0.15, 0.2) is 0 Å². The molecule has 0 radical (unpaired) electrons. The Kier molecular flexibility index (Phi) is 4.69. The third kappa shape index (κ3) is 3.05. The fraction of sp³-hybridized carbons (Fsp3) is 0.160. The molecule has 0 unspecified atom stereocenters. The number of barbiturate groups is 1. The normalized spacial score (nSPS) is 18.5. The van der Waals surface area contributed by atoms with Gasteiger partial charge in [0.2, 0.25) is 0 Å². The first-order valence-electron chi connectivity index (χ1n) is 10.2. The Morgan fingerprint density at radius 1 is 0.875 bits per heavy atom. The van der Waals surface area contributed by atoms with E-state index in [9.17, 15) is 14.4 Å². The van der Waals surface area contributed by atoms with Crippen molar-refractivity contribution in [3.8, 4) is 0 Å². The molecular formula is C25H21N3O3Se. The summed E-state index contributed by atoms with van der Waals surface area (Å²) in [7, 11) is 1.36. The van der Waals surface area contributed by atoms with E-state index in [1.165, 1.54) is 18.2 Å². The van der Waals surface area contributed by atoms with Crippen LogP contribution in [0, 0.1) is 0 Å². The summed E-state index contributed by atoms with van der Waals surface area (Å²) in [5, 5.41) is 2.20. The molecular weight excluding hydrogens is 469 g/mol.